The van der Waals surface area contributed by atoms with E-state index >= 15 is 0 Å². The number of aryl methyl sites for hydroxylation is 3. The molecule has 0 bridgehead atoms. The number of rotatable bonds is 4. The van der Waals surface area contributed by atoms with E-state index in [4.69, 9.17) is 9.47 Å². The van der Waals surface area contributed by atoms with Gasteiger partial charge in [-0.05, 0) is 67.8 Å². The summed E-state index contributed by atoms with van der Waals surface area (Å²) in [6.45, 7) is 5.71. The molecule has 0 spiro atoms. The second-order valence-electron chi connectivity index (χ2n) is 6.41. The summed E-state index contributed by atoms with van der Waals surface area (Å²) in [5, 5.41) is 0. The van der Waals surface area contributed by atoms with E-state index in [0.29, 0.717) is 11.5 Å². The number of hydrogen-bond donors (Lipinski definition) is 0. The number of para-hydroxylation sites is 1. The third-order valence-corrected chi connectivity index (χ3v) is 4.07. The third kappa shape index (κ3) is 4.42. The molecular formula is C23H20O4. The zero-order chi connectivity index (χ0) is 19.4. The van der Waals surface area contributed by atoms with E-state index in [1.807, 2.05) is 39.0 Å². The van der Waals surface area contributed by atoms with Gasteiger partial charge in [-0.1, -0.05) is 36.4 Å². The molecule has 3 aromatic carbocycles. The van der Waals surface area contributed by atoms with E-state index < -0.39 is 11.9 Å². The number of carbonyl (C=O) groups is 2. The Morgan fingerprint density at radius 2 is 1.19 bits per heavy atom. The van der Waals surface area contributed by atoms with Crippen molar-refractivity contribution < 1.29 is 19.1 Å². The molecule has 4 heteroatoms. The Kier molecular flexibility index (Phi) is 5.36. The van der Waals surface area contributed by atoms with E-state index in [9.17, 15) is 9.59 Å². The van der Waals surface area contributed by atoms with Crippen molar-refractivity contribution >= 4 is 11.9 Å². The molecule has 0 aromatic heterocycles. The van der Waals surface area contributed by atoms with Crippen LogP contribution in [0.15, 0.2) is 66.7 Å². The number of ether oxygens (including phenoxy) is 2. The van der Waals surface area contributed by atoms with Gasteiger partial charge in [0, 0.05) is 0 Å². The Morgan fingerprint density at radius 1 is 0.667 bits per heavy atom. The van der Waals surface area contributed by atoms with E-state index in [1.165, 1.54) is 0 Å². The highest BCUT2D eigenvalue weighted by molar-refractivity contribution is 6.04. The van der Waals surface area contributed by atoms with Crippen LogP contribution in [0.1, 0.15) is 37.4 Å². The van der Waals surface area contributed by atoms with Gasteiger partial charge in [-0.3, -0.25) is 0 Å². The molecular weight excluding hydrogens is 340 g/mol. The van der Waals surface area contributed by atoms with Crippen molar-refractivity contribution in [2.24, 2.45) is 0 Å². The van der Waals surface area contributed by atoms with E-state index in [-0.39, 0.29) is 11.1 Å². The summed E-state index contributed by atoms with van der Waals surface area (Å²) in [6.07, 6.45) is 0. The molecule has 0 amide bonds. The van der Waals surface area contributed by atoms with E-state index in [0.717, 1.165) is 16.7 Å². The van der Waals surface area contributed by atoms with Crippen LogP contribution in [0.4, 0.5) is 0 Å². The summed E-state index contributed by atoms with van der Waals surface area (Å²) in [6, 6.07) is 19.2. The van der Waals surface area contributed by atoms with Gasteiger partial charge in [0.2, 0.25) is 0 Å². The minimum Gasteiger partial charge on any atom is -0.423 e. The number of hydrogen-bond acceptors (Lipinski definition) is 4. The first-order chi connectivity index (χ1) is 12.9. The van der Waals surface area contributed by atoms with Crippen LogP contribution < -0.4 is 9.47 Å². The lowest BCUT2D eigenvalue weighted by Gasteiger charge is -2.11. The first kappa shape index (κ1) is 18.4. The minimum absolute atomic E-state index is 0.162. The Morgan fingerprint density at radius 3 is 1.78 bits per heavy atom. The van der Waals surface area contributed by atoms with Gasteiger partial charge in [0.25, 0.3) is 0 Å². The molecule has 136 valence electrons. The topological polar surface area (TPSA) is 52.6 Å². The summed E-state index contributed by atoms with van der Waals surface area (Å²) in [4.78, 5) is 25.3. The molecule has 3 rings (SSSR count). The lowest BCUT2D eigenvalue weighted by Crippen LogP contribution is -2.17. The highest BCUT2D eigenvalue weighted by atomic mass is 16.5. The van der Waals surface area contributed by atoms with Crippen molar-refractivity contribution in [3.63, 3.8) is 0 Å². The average molecular weight is 360 g/mol. The van der Waals surface area contributed by atoms with E-state index in [2.05, 4.69) is 0 Å². The third-order valence-electron chi connectivity index (χ3n) is 4.07. The fraction of sp³-hybridized carbons (Fsp3) is 0.130. The fourth-order valence-electron chi connectivity index (χ4n) is 2.82. The zero-order valence-corrected chi connectivity index (χ0v) is 15.5. The molecule has 0 saturated carbocycles. The van der Waals surface area contributed by atoms with Crippen molar-refractivity contribution in [1.82, 2.24) is 0 Å². The first-order valence-corrected chi connectivity index (χ1v) is 8.61. The molecule has 3 aromatic rings. The van der Waals surface area contributed by atoms with Crippen LogP contribution in [-0.2, 0) is 0 Å². The molecule has 0 heterocycles. The fourth-order valence-corrected chi connectivity index (χ4v) is 2.82. The molecule has 0 N–H and O–H groups in total. The molecule has 0 aliphatic rings. The number of esters is 2. The largest absolute Gasteiger partial charge is 0.423 e. The van der Waals surface area contributed by atoms with Crippen molar-refractivity contribution in [2.45, 2.75) is 20.8 Å². The van der Waals surface area contributed by atoms with Gasteiger partial charge in [0.05, 0.1) is 11.1 Å². The molecule has 0 aliphatic heterocycles. The van der Waals surface area contributed by atoms with Crippen molar-refractivity contribution in [2.75, 3.05) is 0 Å². The van der Waals surface area contributed by atoms with Crippen LogP contribution in [0.3, 0.4) is 0 Å². The minimum atomic E-state index is -0.600. The lowest BCUT2D eigenvalue weighted by molar-refractivity contribution is 0.0691. The molecule has 0 fully saturated rings. The van der Waals surface area contributed by atoms with Gasteiger partial charge >= 0.3 is 11.9 Å². The smallest absolute Gasteiger partial charge is 0.344 e. The SMILES string of the molecule is Cc1cc(C)cc(OC(=O)c2ccccc2C(=O)Oc2ccccc2C)c1. The second kappa shape index (κ2) is 7.87. The Labute approximate surface area is 158 Å². The van der Waals surface area contributed by atoms with Crippen LogP contribution in [0.2, 0.25) is 0 Å². The molecule has 0 unspecified atom stereocenters. The Balaban J connectivity index is 1.85. The molecule has 4 nitrogen and oxygen atoms in total. The molecule has 0 radical (unpaired) electrons. The maximum absolute atomic E-state index is 12.7. The first-order valence-electron chi connectivity index (χ1n) is 8.61. The standard InChI is InChI=1S/C23H20O4/c1-15-12-16(2)14-18(13-15)26-22(24)19-9-5-6-10-20(19)23(25)27-21-11-7-4-8-17(21)3/h4-14H,1-3H3. The summed E-state index contributed by atoms with van der Waals surface area (Å²) in [5.41, 5.74) is 3.14. The Bertz CT molecular complexity index is 985. The van der Waals surface area contributed by atoms with Crippen LogP contribution in [0.25, 0.3) is 0 Å². The molecule has 0 aliphatic carbocycles. The normalized spacial score (nSPS) is 10.3. The zero-order valence-electron chi connectivity index (χ0n) is 15.5. The predicted octanol–water partition coefficient (Wildman–Crippen LogP) is 5.05. The molecule has 0 saturated heterocycles. The highest BCUT2D eigenvalue weighted by Gasteiger charge is 2.20. The summed E-state index contributed by atoms with van der Waals surface area (Å²) < 4.78 is 10.9. The van der Waals surface area contributed by atoms with Crippen molar-refractivity contribution in [3.05, 3.63) is 94.5 Å². The number of carbonyl (C=O) groups excluding carboxylic acids is 2. The monoisotopic (exact) mass is 360 g/mol. The van der Waals surface area contributed by atoms with Crippen LogP contribution in [0.5, 0.6) is 11.5 Å². The second-order valence-corrected chi connectivity index (χ2v) is 6.41. The van der Waals surface area contributed by atoms with Gasteiger partial charge < -0.3 is 9.47 Å². The average Bonchev–Trinajstić information content (AvgIpc) is 2.62. The van der Waals surface area contributed by atoms with Gasteiger partial charge in [0.15, 0.2) is 0 Å². The highest BCUT2D eigenvalue weighted by Crippen LogP contribution is 2.21. The predicted molar refractivity (Wildman–Crippen MR) is 103 cm³/mol. The lowest BCUT2D eigenvalue weighted by atomic mass is 10.1. The summed E-state index contributed by atoms with van der Waals surface area (Å²) in [7, 11) is 0. The van der Waals surface area contributed by atoms with Crippen LogP contribution in [0, 0.1) is 20.8 Å². The maximum atomic E-state index is 12.7. The Hall–Kier alpha value is -3.40. The van der Waals surface area contributed by atoms with Crippen LogP contribution >= 0.6 is 0 Å². The van der Waals surface area contributed by atoms with Crippen LogP contribution in [-0.4, -0.2) is 11.9 Å². The molecule has 27 heavy (non-hydrogen) atoms. The maximum Gasteiger partial charge on any atom is 0.344 e. The van der Waals surface area contributed by atoms with Gasteiger partial charge in [-0.25, -0.2) is 9.59 Å². The van der Waals surface area contributed by atoms with E-state index in [1.54, 1.807) is 48.5 Å². The van der Waals surface area contributed by atoms with Gasteiger partial charge in [-0.2, -0.15) is 0 Å². The summed E-state index contributed by atoms with van der Waals surface area (Å²) >= 11 is 0. The van der Waals surface area contributed by atoms with Crippen molar-refractivity contribution in [1.29, 1.82) is 0 Å². The molecule has 0 atom stereocenters. The summed E-state index contributed by atoms with van der Waals surface area (Å²) in [5.74, 6) is -0.297. The number of benzene rings is 3. The van der Waals surface area contributed by atoms with Crippen molar-refractivity contribution in [3.8, 4) is 11.5 Å². The van der Waals surface area contributed by atoms with Gasteiger partial charge in [0.1, 0.15) is 11.5 Å². The quantitative estimate of drug-likeness (QED) is 0.482. The van der Waals surface area contributed by atoms with Gasteiger partial charge in [-0.15, -0.1) is 0 Å².